The van der Waals surface area contributed by atoms with Crippen molar-refractivity contribution in [1.29, 1.82) is 0 Å². The predicted octanol–water partition coefficient (Wildman–Crippen LogP) is 3.30. The first-order chi connectivity index (χ1) is 9.79. The van der Waals surface area contributed by atoms with Crippen molar-refractivity contribution in [2.24, 2.45) is 5.73 Å². The van der Waals surface area contributed by atoms with Gasteiger partial charge in [0.1, 0.15) is 12.4 Å². The highest BCUT2D eigenvalue weighted by molar-refractivity contribution is 5.27. The maximum Gasteiger partial charge on any atom is 0.119 e. The molecule has 0 saturated carbocycles. The Morgan fingerprint density at radius 1 is 0.950 bits per heavy atom. The summed E-state index contributed by atoms with van der Waals surface area (Å²) in [6, 6.07) is 18.0. The van der Waals surface area contributed by atoms with E-state index < -0.39 is 0 Å². The predicted molar refractivity (Wildman–Crippen MR) is 80.6 cm³/mol. The van der Waals surface area contributed by atoms with Gasteiger partial charge in [-0.3, -0.25) is 0 Å². The van der Waals surface area contributed by atoms with Crippen molar-refractivity contribution in [2.45, 2.75) is 19.6 Å². The van der Waals surface area contributed by atoms with E-state index in [9.17, 15) is 0 Å². The van der Waals surface area contributed by atoms with Crippen LogP contribution in [0.25, 0.3) is 0 Å². The molecule has 3 nitrogen and oxygen atoms in total. The maximum absolute atomic E-state index is 5.75. The number of benzene rings is 2. The van der Waals surface area contributed by atoms with Crippen LogP contribution < -0.4 is 10.5 Å². The Bertz CT molecular complexity index is 496. The molecule has 2 N–H and O–H groups in total. The van der Waals surface area contributed by atoms with Gasteiger partial charge in [0.25, 0.3) is 0 Å². The highest BCUT2D eigenvalue weighted by Crippen LogP contribution is 2.16. The number of hydrogen-bond donors (Lipinski definition) is 1. The molecule has 0 aliphatic heterocycles. The van der Waals surface area contributed by atoms with Crippen molar-refractivity contribution in [2.75, 3.05) is 13.2 Å². The van der Waals surface area contributed by atoms with Gasteiger partial charge in [-0.25, -0.2) is 0 Å². The number of rotatable bonds is 7. The van der Waals surface area contributed by atoms with Crippen LogP contribution in [0.2, 0.25) is 0 Å². The van der Waals surface area contributed by atoms with E-state index in [2.05, 4.69) is 12.1 Å². The molecule has 1 atom stereocenters. The van der Waals surface area contributed by atoms with E-state index in [1.165, 1.54) is 5.56 Å². The summed E-state index contributed by atoms with van der Waals surface area (Å²) in [4.78, 5) is 0. The van der Waals surface area contributed by atoms with Crippen molar-refractivity contribution < 1.29 is 9.47 Å². The molecule has 0 aliphatic rings. The molecule has 106 valence electrons. The van der Waals surface area contributed by atoms with Crippen LogP contribution in [0.4, 0.5) is 0 Å². The molecule has 0 heterocycles. The highest BCUT2D eigenvalue weighted by atomic mass is 16.5. The molecule has 3 heteroatoms. The van der Waals surface area contributed by atoms with E-state index in [4.69, 9.17) is 15.2 Å². The largest absolute Gasteiger partial charge is 0.491 e. The average molecular weight is 271 g/mol. The molecule has 20 heavy (non-hydrogen) atoms. The van der Waals surface area contributed by atoms with Gasteiger partial charge in [-0.1, -0.05) is 42.5 Å². The Hall–Kier alpha value is -1.84. The van der Waals surface area contributed by atoms with Gasteiger partial charge in [0.05, 0.1) is 12.7 Å². The van der Waals surface area contributed by atoms with Crippen molar-refractivity contribution >= 4 is 0 Å². The quantitative estimate of drug-likeness (QED) is 0.786. The Morgan fingerprint density at radius 2 is 1.65 bits per heavy atom. The lowest BCUT2D eigenvalue weighted by atomic mass is 10.1. The Morgan fingerprint density at radius 3 is 2.30 bits per heavy atom. The third kappa shape index (κ3) is 4.37. The van der Waals surface area contributed by atoms with Gasteiger partial charge in [0.2, 0.25) is 0 Å². The van der Waals surface area contributed by atoms with Gasteiger partial charge in [-0.2, -0.15) is 0 Å². The first-order valence-corrected chi connectivity index (χ1v) is 6.88. The lowest BCUT2D eigenvalue weighted by Gasteiger charge is -2.14. The molecule has 0 saturated heterocycles. The fourth-order valence-electron chi connectivity index (χ4n) is 1.93. The number of nitrogens with two attached hydrogens (primary N) is 1. The molecule has 2 aromatic carbocycles. The molecule has 0 bridgehead atoms. The Balaban J connectivity index is 1.70. The lowest BCUT2D eigenvalue weighted by Crippen LogP contribution is -2.09. The minimum atomic E-state index is 0.0828. The monoisotopic (exact) mass is 271 g/mol. The van der Waals surface area contributed by atoms with Crippen LogP contribution in [-0.4, -0.2) is 13.2 Å². The van der Waals surface area contributed by atoms with Gasteiger partial charge in [0, 0.05) is 6.54 Å². The van der Waals surface area contributed by atoms with Crippen molar-refractivity contribution in [3.8, 4) is 5.75 Å². The number of ether oxygens (including phenoxy) is 2. The molecule has 0 aliphatic carbocycles. The second-order valence-electron chi connectivity index (χ2n) is 4.62. The van der Waals surface area contributed by atoms with E-state index in [1.807, 2.05) is 49.4 Å². The zero-order valence-electron chi connectivity index (χ0n) is 11.8. The van der Waals surface area contributed by atoms with Crippen LogP contribution in [0.15, 0.2) is 54.6 Å². The topological polar surface area (TPSA) is 44.5 Å². The molecule has 1 unspecified atom stereocenters. The zero-order valence-corrected chi connectivity index (χ0v) is 11.8. The summed E-state index contributed by atoms with van der Waals surface area (Å²) >= 11 is 0. The highest BCUT2D eigenvalue weighted by Gasteiger charge is 2.04. The zero-order chi connectivity index (χ0) is 14.2. The van der Waals surface area contributed by atoms with Gasteiger partial charge >= 0.3 is 0 Å². The second-order valence-corrected chi connectivity index (χ2v) is 4.62. The summed E-state index contributed by atoms with van der Waals surface area (Å²) in [6.07, 6.45) is 0.0828. The fraction of sp³-hybridized carbons (Fsp3) is 0.294. The maximum atomic E-state index is 5.75. The third-order valence-corrected chi connectivity index (χ3v) is 3.15. The molecule has 0 fully saturated rings. The normalized spacial score (nSPS) is 12.1. The van der Waals surface area contributed by atoms with Gasteiger partial charge < -0.3 is 15.2 Å². The third-order valence-electron chi connectivity index (χ3n) is 3.15. The Labute approximate surface area is 120 Å². The minimum absolute atomic E-state index is 0.0828. The van der Waals surface area contributed by atoms with E-state index in [0.29, 0.717) is 19.8 Å². The molecular formula is C17H21NO2. The van der Waals surface area contributed by atoms with Gasteiger partial charge in [-0.15, -0.1) is 0 Å². The van der Waals surface area contributed by atoms with E-state index in [1.54, 1.807) is 0 Å². The number of hydrogen-bond acceptors (Lipinski definition) is 3. The molecular weight excluding hydrogens is 250 g/mol. The average Bonchev–Trinajstić information content (AvgIpc) is 2.53. The summed E-state index contributed by atoms with van der Waals surface area (Å²) in [5.74, 6) is 0.846. The molecule has 2 rings (SSSR count). The standard InChI is InChI=1S/C17H21NO2/c1-14(16-5-3-2-4-6-16)19-11-12-20-17-9-7-15(13-18)8-10-17/h2-10,14H,11-13,18H2,1H3. The van der Waals surface area contributed by atoms with Crippen LogP contribution in [0.3, 0.4) is 0 Å². The van der Waals surface area contributed by atoms with Crippen molar-refractivity contribution in [1.82, 2.24) is 0 Å². The molecule has 2 aromatic rings. The Kier molecular flexibility index (Phi) is 5.59. The second kappa shape index (κ2) is 7.68. The van der Waals surface area contributed by atoms with Crippen LogP contribution >= 0.6 is 0 Å². The van der Waals surface area contributed by atoms with E-state index in [-0.39, 0.29) is 6.10 Å². The summed E-state index contributed by atoms with van der Waals surface area (Å²) in [5.41, 5.74) is 7.83. The first kappa shape index (κ1) is 14.6. The summed E-state index contributed by atoms with van der Waals surface area (Å²) in [7, 11) is 0. The minimum Gasteiger partial charge on any atom is -0.491 e. The van der Waals surface area contributed by atoms with Gasteiger partial charge in [-0.05, 0) is 30.2 Å². The molecule has 0 aromatic heterocycles. The molecule has 0 radical (unpaired) electrons. The molecule has 0 amide bonds. The molecule has 0 spiro atoms. The summed E-state index contributed by atoms with van der Waals surface area (Å²) < 4.78 is 11.4. The van der Waals surface area contributed by atoms with E-state index in [0.717, 1.165) is 11.3 Å². The van der Waals surface area contributed by atoms with E-state index >= 15 is 0 Å². The smallest absolute Gasteiger partial charge is 0.119 e. The van der Waals surface area contributed by atoms with Crippen LogP contribution in [-0.2, 0) is 11.3 Å². The van der Waals surface area contributed by atoms with Crippen LogP contribution in [0, 0.1) is 0 Å². The van der Waals surface area contributed by atoms with Crippen LogP contribution in [0.5, 0.6) is 5.75 Å². The lowest BCUT2D eigenvalue weighted by molar-refractivity contribution is 0.0439. The van der Waals surface area contributed by atoms with Crippen molar-refractivity contribution in [3.63, 3.8) is 0 Å². The first-order valence-electron chi connectivity index (χ1n) is 6.88. The summed E-state index contributed by atoms with van der Waals surface area (Å²) in [5, 5.41) is 0. The van der Waals surface area contributed by atoms with Crippen LogP contribution in [0.1, 0.15) is 24.2 Å². The van der Waals surface area contributed by atoms with Gasteiger partial charge in [0.15, 0.2) is 0 Å². The fourth-order valence-corrected chi connectivity index (χ4v) is 1.93. The SMILES string of the molecule is CC(OCCOc1ccc(CN)cc1)c1ccccc1. The van der Waals surface area contributed by atoms with Crippen molar-refractivity contribution in [3.05, 3.63) is 65.7 Å². The summed E-state index contributed by atoms with van der Waals surface area (Å²) in [6.45, 7) is 3.71.